The molecular weight excluding hydrogens is 244 g/mol. The molecule has 19 heavy (non-hydrogen) atoms. The minimum absolute atomic E-state index is 0.0118. The van der Waals surface area contributed by atoms with Gasteiger partial charge in [0, 0.05) is 17.2 Å². The molecule has 0 radical (unpaired) electrons. The van der Waals surface area contributed by atoms with Crippen molar-refractivity contribution in [2.24, 2.45) is 5.73 Å². The summed E-state index contributed by atoms with van der Waals surface area (Å²) < 4.78 is 10.9. The number of amides is 1. The van der Waals surface area contributed by atoms with Gasteiger partial charge in [0.25, 0.3) is 5.91 Å². The number of hydrogen-bond acceptors (Lipinski definition) is 4. The van der Waals surface area contributed by atoms with Gasteiger partial charge in [-0.1, -0.05) is 0 Å². The van der Waals surface area contributed by atoms with E-state index in [0.29, 0.717) is 12.4 Å². The van der Waals surface area contributed by atoms with Crippen LogP contribution in [-0.2, 0) is 4.79 Å². The van der Waals surface area contributed by atoms with Gasteiger partial charge in [0.05, 0.1) is 6.04 Å². The molecule has 0 fully saturated rings. The molecule has 3 N–H and O–H groups in total. The number of fused-ring (bicyclic) bond motifs is 1. The highest BCUT2D eigenvalue weighted by atomic mass is 16.5. The minimum Gasteiger partial charge on any atom is -0.491 e. The average molecular weight is 264 g/mol. The van der Waals surface area contributed by atoms with Crippen LogP contribution in [0.4, 0.5) is 0 Å². The third-order valence-electron chi connectivity index (χ3n) is 2.69. The number of rotatable bonds is 3. The molecule has 5 heteroatoms. The maximum Gasteiger partial charge on any atom is 0.258 e. The minimum atomic E-state index is -0.256. The van der Waals surface area contributed by atoms with Crippen molar-refractivity contribution in [2.45, 2.75) is 32.4 Å². The van der Waals surface area contributed by atoms with Crippen LogP contribution in [0.15, 0.2) is 18.2 Å². The van der Waals surface area contributed by atoms with Gasteiger partial charge in [0.2, 0.25) is 0 Å². The molecule has 0 aromatic heterocycles. The zero-order valence-corrected chi connectivity index (χ0v) is 11.5. The third-order valence-corrected chi connectivity index (χ3v) is 2.69. The Bertz CT molecular complexity index is 480. The van der Waals surface area contributed by atoms with Crippen molar-refractivity contribution in [1.82, 2.24) is 5.32 Å². The third kappa shape index (κ3) is 3.61. The van der Waals surface area contributed by atoms with Gasteiger partial charge in [-0.05, 0) is 32.9 Å². The van der Waals surface area contributed by atoms with Crippen molar-refractivity contribution >= 4 is 5.91 Å². The predicted molar refractivity (Wildman–Crippen MR) is 72.3 cm³/mol. The van der Waals surface area contributed by atoms with Crippen LogP contribution in [0, 0.1) is 0 Å². The molecule has 0 saturated heterocycles. The van der Waals surface area contributed by atoms with Crippen molar-refractivity contribution in [1.29, 1.82) is 0 Å². The molecule has 2 rings (SSSR count). The largest absolute Gasteiger partial charge is 0.491 e. The predicted octanol–water partition coefficient (Wildman–Crippen LogP) is 1.37. The fourth-order valence-electron chi connectivity index (χ4n) is 1.91. The zero-order valence-electron chi connectivity index (χ0n) is 11.5. The van der Waals surface area contributed by atoms with Crippen molar-refractivity contribution in [3.8, 4) is 11.5 Å². The first-order valence-electron chi connectivity index (χ1n) is 6.31. The van der Waals surface area contributed by atoms with Gasteiger partial charge in [0.1, 0.15) is 18.1 Å². The topological polar surface area (TPSA) is 73.6 Å². The Morgan fingerprint density at radius 1 is 1.53 bits per heavy atom. The lowest BCUT2D eigenvalue weighted by Crippen LogP contribution is -2.43. The smallest absolute Gasteiger partial charge is 0.258 e. The lowest BCUT2D eigenvalue weighted by molar-refractivity contribution is -0.124. The Kier molecular flexibility index (Phi) is 3.66. The molecule has 1 aliphatic rings. The Hall–Kier alpha value is -1.75. The van der Waals surface area contributed by atoms with Crippen LogP contribution < -0.4 is 20.5 Å². The Labute approximate surface area is 113 Å². The number of ether oxygens (including phenoxy) is 2. The summed E-state index contributed by atoms with van der Waals surface area (Å²) in [6.45, 7) is 6.26. The van der Waals surface area contributed by atoms with Crippen molar-refractivity contribution < 1.29 is 14.3 Å². The van der Waals surface area contributed by atoms with Crippen molar-refractivity contribution in [3.63, 3.8) is 0 Å². The standard InChI is InChI=1S/C14H20N2O3/c1-14(2,3)16-13(17)8-18-9-4-5-10-11(15)7-19-12(10)6-9/h4-6,11H,7-8,15H2,1-3H3,(H,16,17). The number of carbonyl (C=O) groups excluding carboxylic acids is 1. The van der Waals surface area contributed by atoms with Gasteiger partial charge >= 0.3 is 0 Å². The lowest BCUT2D eigenvalue weighted by atomic mass is 10.1. The molecule has 1 unspecified atom stereocenters. The summed E-state index contributed by atoms with van der Waals surface area (Å²) in [6.07, 6.45) is 0. The van der Waals surface area contributed by atoms with E-state index in [2.05, 4.69) is 5.32 Å². The van der Waals surface area contributed by atoms with E-state index in [1.54, 1.807) is 12.1 Å². The second-order valence-electron chi connectivity index (χ2n) is 5.70. The summed E-state index contributed by atoms with van der Waals surface area (Å²) in [5.74, 6) is 1.20. The summed E-state index contributed by atoms with van der Waals surface area (Å²) in [4.78, 5) is 11.6. The van der Waals surface area contributed by atoms with Crippen LogP contribution in [0.1, 0.15) is 32.4 Å². The zero-order chi connectivity index (χ0) is 14.0. The van der Waals surface area contributed by atoms with Gasteiger partial charge in [-0.2, -0.15) is 0 Å². The van der Waals surface area contributed by atoms with Gasteiger partial charge < -0.3 is 20.5 Å². The van der Waals surface area contributed by atoms with E-state index in [0.717, 1.165) is 11.3 Å². The first-order valence-corrected chi connectivity index (χ1v) is 6.31. The molecule has 0 spiro atoms. The molecule has 0 saturated carbocycles. The van der Waals surface area contributed by atoms with Crippen LogP contribution in [-0.4, -0.2) is 24.7 Å². The first-order chi connectivity index (χ1) is 8.85. The van der Waals surface area contributed by atoms with E-state index in [1.807, 2.05) is 26.8 Å². The number of nitrogens with one attached hydrogen (secondary N) is 1. The highest BCUT2D eigenvalue weighted by Crippen LogP contribution is 2.33. The van der Waals surface area contributed by atoms with Crippen LogP contribution in [0.5, 0.6) is 11.5 Å². The number of hydrogen-bond donors (Lipinski definition) is 2. The molecule has 104 valence electrons. The normalized spacial score (nSPS) is 17.6. The molecule has 0 bridgehead atoms. The first kappa shape index (κ1) is 13.7. The Morgan fingerprint density at radius 3 is 2.95 bits per heavy atom. The van der Waals surface area contributed by atoms with Crippen LogP contribution in [0.2, 0.25) is 0 Å². The van der Waals surface area contributed by atoms with Crippen molar-refractivity contribution in [3.05, 3.63) is 23.8 Å². The monoisotopic (exact) mass is 264 g/mol. The molecule has 1 aliphatic heterocycles. The fourth-order valence-corrected chi connectivity index (χ4v) is 1.91. The quantitative estimate of drug-likeness (QED) is 0.865. The Morgan fingerprint density at radius 2 is 2.26 bits per heavy atom. The van der Waals surface area contributed by atoms with Crippen LogP contribution >= 0.6 is 0 Å². The van der Waals surface area contributed by atoms with Crippen LogP contribution in [0.25, 0.3) is 0 Å². The summed E-state index contributed by atoms with van der Waals surface area (Å²) in [5, 5.41) is 2.83. The molecule has 1 amide bonds. The molecule has 0 aliphatic carbocycles. The molecular formula is C14H20N2O3. The number of nitrogens with two attached hydrogens (primary N) is 1. The van der Waals surface area contributed by atoms with Gasteiger partial charge in [0.15, 0.2) is 6.61 Å². The van der Waals surface area contributed by atoms with E-state index in [4.69, 9.17) is 15.2 Å². The molecule has 5 nitrogen and oxygen atoms in total. The van der Waals surface area contributed by atoms with E-state index in [9.17, 15) is 4.79 Å². The second kappa shape index (κ2) is 5.09. The summed E-state index contributed by atoms with van der Waals surface area (Å²) >= 11 is 0. The highest BCUT2D eigenvalue weighted by molar-refractivity contribution is 5.78. The Balaban J connectivity index is 1.92. The highest BCUT2D eigenvalue weighted by Gasteiger charge is 2.21. The second-order valence-corrected chi connectivity index (χ2v) is 5.70. The maximum absolute atomic E-state index is 11.6. The molecule has 1 aromatic carbocycles. The van der Waals surface area contributed by atoms with Gasteiger partial charge in [-0.25, -0.2) is 0 Å². The molecule has 1 atom stereocenters. The van der Waals surface area contributed by atoms with E-state index in [-0.39, 0.29) is 24.1 Å². The number of benzene rings is 1. The van der Waals surface area contributed by atoms with Gasteiger partial charge in [-0.3, -0.25) is 4.79 Å². The summed E-state index contributed by atoms with van der Waals surface area (Å²) in [7, 11) is 0. The van der Waals surface area contributed by atoms with E-state index < -0.39 is 0 Å². The van der Waals surface area contributed by atoms with E-state index >= 15 is 0 Å². The fraction of sp³-hybridized carbons (Fsp3) is 0.500. The molecule has 1 aromatic rings. The van der Waals surface area contributed by atoms with E-state index in [1.165, 1.54) is 0 Å². The number of carbonyl (C=O) groups is 1. The average Bonchev–Trinajstić information content (AvgIpc) is 2.66. The van der Waals surface area contributed by atoms with Crippen molar-refractivity contribution in [2.75, 3.05) is 13.2 Å². The molecule has 1 heterocycles. The van der Waals surface area contributed by atoms with Crippen LogP contribution in [0.3, 0.4) is 0 Å². The SMILES string of the molecule is CC(C)(C)NC(=O)COc1ccc2c(c1)OCC2N. The van der Waals surface area contributed by atoms with Gasteiger partial charge in [-0.15, -0.1) is 0 Å². The summed E-state index contributed by atoms with van der Waals surface area (Å²) in [5.41, 5.74) is 6.58. The summed E-state index contributed by atoms with van der Waals surface area (Å²) in [6, 6.07) is 5.38. The lowest BCUT2D eigenvalue weighted by Gasteiger charge is -2.20. The maximum atomic E-state index is 11.6.